The van der Waals surface area contributed by atoms with Crippen LogP contribution in [0.1, 0.15) is 12.6 Å². The van der Waals surface area contributed by atoms with Crippen molar-refractivity contribution < 1.29 is 9.53 Å². The first-order chi connectivity index (χ1) is 9.04. The van der Waals surface area contributed by atoms with Gasteiger partial charge in [0.1, 0.15) is 5.75 Å². The Balaban J connectivity index is 1.96. The van der Waals surface area contributed by atoms with Gasteiger partial charge in [0.05, 0.1) is 5.69 Å². The lowest BCUT2D eigenvalue weighted by Crippen LogP contribution is -2.30. The quantitative estimate of drug-likeness (QED) is 0.939. The van der Waals surface area contributed by atoms with Gasteiger partial charge in [0.25, 0.3) is 5.91 Å². The molecule has 100 valence electrons. The van der Waals surface area contributed by atoms with Crippen LogP contribution in [0.3, 0.4) is 0 Å². The van der Waals surface area contributed by atoms with Crippen LogP contribution >= 0.6 is 22.9 Å². The van der Waals surface area contributed by atoms with E-state index in [-0.39, 0.29) is 5.91 Å². The van der Waals surface area contributed by atoms with Crippen molar-refractivity contribution in [1.82, 2.24) is 4.98 Å². The number of carbonyl (C=O) groups excluding carboxylic acids is 1. The number of hydrogen-bond acceptors (Lipinski definition) is 4. The van der Waals surface area contributed by atoms with Crippen molar-refractivity contribution in [2.75, 3.05) is 5.32 Å². The number of rotatable bonds is 4. The lowest BCUT2D eigenvalue weighted by molar-refractivity contribution is -0.122. The van der Waals surface area contributed by atoms with Crippen LogP contribution in [0.15, 0.2) is 29.6 Å². The third-order valence-electron chi connectivity index (χ3n) is 2.33. The molecule has 0 spiro atoms. The molecular weight excluding hydrogens is 284 g/mol. The van der Waals surface area contributed by atoms with E-state index < -0.39 is 6.10 Å². The summed E-state index contributed by atoms with van der Waals surface area (Å²) in [6.07, 6.45) is -0.623. The average Bonchev–Trinajstić information content (AvgIpc) is 2.74. The minimum Gasteiger partial charge on any atom is -0.481 e. The number of thiazole rings is 1. The Labute approximate surface area is 120 Å². The third-order valence-corrected chi connectivity index (χ3v) is 3.44. The second-order valence-corrected chi connectivity index (χ2v) is 5.30. The topological polar surface area (TPSA) is 51.2 Å². The van der Waals surface area contributed by atoms with E-state index in [4.69, 9.17) is 16.3 Å². The van der Waals surface area contributed by atoms with E-state index in [9.17, 15) is 4.79 Å². The number of hydrogen-bond donors (Lipinski definition) is 1. The maximum Gasteiger partial charge on any atom is 0.266 e. The molecule has 2 aromatic rings. The van der Waals surface area contributed by atoms with E-state index in [2.05, 4.69) is 10.3 Å². The summed E-state index contributed by atoms with van der Waals surface area (Å²) in [6, 6.07) is 6.94. The molecule has 0 aliphatic heterocycles. The number of benzene rings is 1. The minimum atomic E-state index is -0.623. The number of anilines is 1. The molecule has 1 aromatic heterocycles. The molecule has 2 rings (SSSR count). The predicted octanol–water partition coefficient (Wildman–Crippen LogP) is 3.51. The van der Waals surface area contributed by atoms with Gasteiger partial charge in [-0.1, -0.05) is 17.7 Å². The Morgan fingerprint density at radius 3 is 2.95 bits per heavy atom. The zero-order valence-electron chi connectivity index (χ0n) is 10.5. The summed E-state index contributed by atoms with van der Waals surface area (Å²) in [7, 11) is 0. The number of amides is 1. The minimum absolute atomic E-state index is 0.241. The molecule has 0 bridgehead atoms. The first-order valence-corrected chi connectivity index (χ1v) is 6.95. The maximum atomic E-state index is 11.9. The van der Waals surface area contributed by atoms with Crippen LogP contribution in [0.25, 0.3) is 0 Å². The fourth-order valence-corrected chi connectivity index (χ4v) is 2.29. The van der Waals surface area contributed by atoms with Gasteiger partial charge in [0.15, 0.2) is 11.2 Å². The number of carbonyl (C=O) groups is 1. The molecule has 0 aliphatic carbocycles. The van der Waals surface area contributed by atoms with Gasteiger partial charge < -0.3 is 4.74 Å². The normalized spacial score (nSPS) is 11.9. The Morgan fingerprint density at radius 2 is 2.32 bits per heavy atom. The standard InChI is InChI=1S/C13H13ClN2O2S/c1-8-7-19-13(15-8)16-12(17)9(2)18-11-5-3-4-10(14)6-11/h3-7,9H,1-2H3,(H,15,16,17)/t9-/m0/s1. The van der Waals surface area contributed by atoms with E-state index in [1.807, 2.05) is 12.3 Å². The Bertz CT molecular complexity index is 586. The van der Waals surface area contributed by atoms with Crippen LogP contribution in [0.4, 0.5) is 5.13 Å². The summed E-state index contributed by atoms with van der Waals surface area (Å²) in [6.45, 7) is 3.55. The fraction of sp³-hybridized carbons (Fsp3) is 0.231. The van der Waals surface area contributed by atoms with Crippen molar-refractivity contribution in [3.8, 4) is 5.75 Å². The van der Waals surface area contributed by atoms with Crippen molar-refractivity contribution in [2.24, 2.45) is 0 Å². The number of ether oxygens (including phenoxy) is 1. The first kappa shape index (κ1) is 13.8. The predicted molar refractivity (Wildman–Crippen MR) is 77.0 cm³/mol. The van der Waals surface area contributed by atoms with E-state index in [0.717, 1.165) is 5.69 Å². The SMILES string of the molecule is Cc1csc(NC(=O)[C@H](C)Oc2cccc(Cl)c2)n1. The highest BCUT2D eigenvalue weighted by atomic mass is 35.5. The third kappa shape index (κ3) is 3.94. The van der Waals surface area contributed by atoms with E-state index in [1.54, 1.807) is 31.2 Å². The molecule has 1 amide bonds. The molecular formula is C13H13ClN2O2S. The summed E-state index contributed by atoms with van der Waals surface area (Å²) < 4.78 is 5.52. The average molecular weight is 297 g/mol. The Morgan fingerprint density at radius 1 is 1.53 bits per heavy atom. The van der Waals surface area contributed by atoms with Gasteiger partial charge in [0.2, 0.25) is 0 Å². The van der Waals surface area contributed by atoms with Gasteiger partial charge in [-0.3, -0.25) is 10.1 Å². The number of aryl methyl sites for hydroxylation is 1. The monoisotopic (exact) mass is 296 g/mol. The number of nitrogens with zero attached hydrogens (tertiary/aromatic N) is 1. The number of halogens is 1. The molecule has 19 heavy (non-hydrogen) atoms. The molecule has 0 unspecified atom stereocenters. The molecule has 0 saturated heterocycles. The lowest BCUT2D eigenvalue weighted by Gasteiger charge is -2.13. The molecule has 1 N–H and O–H groups in total. The summed E-state index contributed by atoms with van der Waals surface area (Å²) in [5.41, 5.74) is 0.878. The van der Waals surface area contributed by atoms with Crippen molar-refractivity contribution in [3.63, 3.8) is 0 Å². The van der Waals surface area contributed by atoms with Crippen LogP contribution in [0, 0.1) is 6.92 Å². The van der Waals surface area contributed by atoms with E-state index in [0.29, 0.717) is 15.9 Å². The van der Waals surface area contributed by atoms with Gasteiger partial charge >= 0.3 is 0 Å². The molecule has 1 heterocycles. The van der Waals surface area contributed by atoms with Gasteiger partial charge in [-0.05, 0) is 32.0 Å². The second kappa shape index (κ2) is 6.04. The van der Waals surface area contributed by atoms with Crippen molar-refractivity contribution in [1.29, 1.82) is 0 Å². The molecule has 0 fully saturated rings. The highest BCUT2D eigenvalue weighted by molar-refractivity contribution is 7.13. The highest BCUT2D eigenvalue weighted by Gasteiger charge is 2.16. The molecule has 0 aliphatic rings. The summed E-state index contributed by atoms with van der Waals surface area (Å²) in [5.74, 6) is 0.319. The van der Waals surface area contributed by atoms with Gasteiger partial charge in [0, 0.05) is 10.4 Å². The second-order valence-electron chi connectivity index (χ2n) is 4.00. The number of nitrogens with one attached hydrogen (secondary N) is 1. The largest absolute Gasteiger partial charge is 0.481 e. The van der Waals surface area contributed by atoms with Crippen molar-refractivity contribution in [3.05, 3.63) is 40.4 Å². The smallest absolute Gasteiger partial charge is 0.266 e. The van der Waals surface area contributed by atoms with Crippen LogP contribution in [0.2, 0.25) is 5.02 Å². The summed E-state index contributed by atoms with van der Waals surface area (Å²) >= 11 is 7.24. The van der Waals surface area contributed by atoms with Crippen molar-refractivity contribution in [2.45, 2.75) is 20.0 Å². The first-order valence-electron chi connectivity index (χ1n) is 5.70. The maximum absolute atomic E-state index is 11.9. The molecule has 0 radical (unpaired) electrons. The van der Waals surface area contributed by atoms with Gasteiger partial charge in [-0.2, -0.15) is 0 Å². The highest BCUT2D eigenvalue weighted by Crippen LogP contribution is 2.19. The van der Waals surface area contributed by atoms with E-state index >= 15 is 0 Å². The fourth-order valence-electron chi connectivity index (χ4n) is 1.42. The molecule has 1 atom stereocenters. The zero-order chi connectivity index (χ0) is 13.8. The van der Waals surface area contributed by atoms with Gasteiger partial charge in [-0.25, -0.2) is 4.98 Å². The Kier molecular flexibility index (Phi) is 4.39. The van der Waals surface area contributed by atoms with Crippen molar-refractivity contribution >= 4 is 34.0 Å². The lowest BCUT2D eigenvalue weighted by atomic mass is 10.3. The Hall–Kier alpha value is -1.59. The van der Waals surface area contributed by atoms with Crippen LogP contribution < -0.4 is 10.1 Å². The molecule has 0 saturated carbocycles. The summed E-state index contributed by atoms with van der Waals surface area (Å²) in [5, 5.41) is 5.72. The van der Waals surface area contributed by atoms with E-state index in [1.165, 1.54) is 11.3 Å². The van der Waals surface area contributed by atoms with Crippen LogP contribution in [0.5, 0.6) is 5.75 Å². The molecule has 6 heteroatoms. The summed E-state index contributed by atoms with van der Waals surface area (Å²) in [4.78, 5) is 16.1. The van der Waals surface area contributed by atoms with Gasteiger partial charge in [-0.15, -0.1) is 11.3 Å². The van der Waals surface area contributed by atoms with Crippen LogP contribution in [-0.2, 0) is 4.79 Å². The molecule has 4 nitrogen and oxygen atoms in total. The zero-order valence-corrected chi connectivity index (χ0v) is 12.1. The molecule has 1 aromatic carbocycles. The van der Waals surface area contributed by atoms with Crippen LogP contribution in [-0.4, -0.2) is 17.0 Å². The number of aromatic nitrogens is 1.